The van der Waals surface area contributed by atoms with Crippen LogP contribution in [0, 0.1) is 17.8 Å². The number of nitrogens with zero attached hydrogens (tertiary/aromatic N) is 2. The van der Waals surface area contributed by atoms with E-state index in [9.17, 15) is 4.79 Å². The molecule has 1 fully saturated rings. The Morgan fingerprint density at radius 1 is 1.11 bits per heavy atom. The molecule has 2 unspecified atom stereocenters. The molecule has 206 valence electrons. The summed E-state index contributed by atoms with van der Waals surface area (Å²) in [4.78, 5) is 20.5. The lowest BCUT2D eigenvalue weighted by Crippen LogP contribution is -2.53. The van der Waals surface area contributed by atoms with Crippen LogP contribution in [0.5, 0.6) is 0 Å². The Balaban J connectivity index is 1.47. The third kappa shape index (κ3) is 6.54. The highest BCUT2D eigenvalue weighted by Crippen LogP contribution is 2.43. The van der Waals surface area contributed by atoms with Gasteiger partial charge in [-0.3, -0.25) is 4.99 Å². The van der Waals surface area contributed by atoms with Gasteiger partial charge in [0, 0.05) is 22.8 Å². The molecule has 1 saturated carbocycles. The van der Waals surface area contributed by atoms with Gasteiger partial charge in [0.2, 0.25) is 0 Å². The number of hydrogen-bond acceptors (Lipinski definition) is 5. The molecule has 2 aromatic carbocycles. The molecule has 1 aliphatic carbocycles. The van der Waals surface area contributed by atoms with Crippen LogP contribution in [0.25, 0.3) is 0 Å². The Morgan fingerprint density at radius 3 is 2.37 bits per heavy atom. The predicted molar refractivity (Wildman–Crippen MR) is 158 cm³/mol. The minimum Gasteiger partial charge on any atom is -0.467 e. The van der Waals surface area contributed by atoms with Crippen molar-refractivity contribution in [3.63, 3.8) is 0 Å². The summed E-state index contributed by atoms with van der Waals surface area (Å²) < 4.78 is 5.39. The standard InChI is InChI=1S/C32H44ClN3O2/c1-23(2)20-32(30(37)38-5)29(36(22-34-32)21-25-9-7-6-8-10-25)19-24-11-13-26(14-12-24)31(3,4)35-28-17-15-27(33)16-18-28/h6-10,15-18,22-24,26,29,35H,11-14,19-21H2,1-5H3. The molecule has 4 rings (SSSR count). The number of benzene rings is 2. The Hall–Kier alpha value is -2.53. The lowest BCUT2D eigenvalue weighted by molar-refractivity contribution is -0.149. The van der Waals surface area contributed by atoms with Crippen LogP contribution in [-0.2, 0) is 16.1 Å². The molecule has 2 atom stereocenters. The molecular formula is C32H44ClN3O2. The van der Waals surface area contributed by atoms with Crippen LogP contribution in [0.3, 0.4) is 0 Å². The number of nitrogens with one attached hydrogen (secondary N) is 1. The largest absolute Gasteiger partial charge is 0.467 e. The molecule has 0 amide bonds. The number of aliphatic imine (C=N–C) groups is 1. The van der Waals surface area contributed by atoms with Gasteiger partial charge in [0.15, 0.2) is 5.54 Å². The number of methoxy groups -OCH3 is 1. The van der Waals surface area contributed by atoms with Crippen molar-refractivity contribution in [1.29, 1.82) is 0 Å². The van der Waals surface area contributed by atoms with E-state index in [-0.39, 0.29) is 17.6 Å². The Labute approximate surface area is 234 Å². The molecule has 6 heteroatoms. The molecule has 0 saturated heterocycles. The topological polar surface area (TPSA) is 53.9 Å². The van der Waals surface area contributed by atoms with Gasteiger partial charge in [0.05, 0.1) is 19.5 Å². The molecule has 1 aliphatic heterocycles. The molecule has 5 nitrogen and oxygen atoms in total. The molecular weight excluding hydrogens is 494 g/mol. The van der Waals surface area contributed by atoms with E-state index in [1.165, 1.54) is 25.5 Å². The highest BCUT2D eigenvalue weighted by Gasteiger charge is 2.53. The van der Waals surface area contributed by atoms with E-state index < -0.39 is 5.54 Å². The van der Waals surface area contributed by atoms with Crippen molar-refractivity contribution in [2.24, 2.45) is 22.7 Å². The van der Waals surface area contributed by atoms with E-state index in [0.29, 0.717) is 24.2 Å². The Bertz CT molecular complexity index is 1080. The minimum atomic E-state index is -0.843. The maximum Gasteiger partial charge on any atom is 0.335 e. The van der Waals surface area contributed by atoms with Crippen LogP contribution >= 0.6 is 11.6 Å². The van der Waals surface area contributed by atoms with Gasteiger partial charge in [-0.1, -0.05) is 68.6 Å². The first-order valence-electron chi connectivity index (χ1n) is 14.1. The van der Waals surface area contributed by atoms with Gasteiger partial charge in [-0.25, -0.2) is 4.79 Å². The number of esters is 1. The summed E-state index contributed by atoms with van der Waals surface area (Å²) in [6.45, 7) is 9.70. The molecule has 2 aromatic rings. The first kappa shape index (κ1) is 28.5. The molecule has 2 aliphatic rings. The number of carbonyl (C=O) groups excluding carboxylic acids is 1. The summed E-state index contributed by atoms with van der Waals surface area (Å²) >= 11 is 6.08. The zero-order valence-electron chi connectivity index (χ0n) is 23.6. The van der Waals surface area contributed by atoms with E-state index in [1.54, 1.807) is 0 Å². The normalized spacial score (nSPS) is 25.6. The number of anilines is 1. The van der Waals surface area contributed by atoms with Crippen LogP contribution in [0.15, 0.2) is 59.6 Å². The summed E-state index contributed by atoms with van der Waals surface area (Å²) in [6.07, 6.45) is 8.21. The summed E-state index contributed by atoms with van der Waals surface area (Å²) in [5, 5.41) is 4.50. The van der Waals surface area contributed by atoms with Crippen molar-refractivity contribution in [1.82, 2.24) is 4.90 Å². The maximum absolute atomic E-state index is 13.3. The van der Waals surface area contributed by atoms with Gasteiger partial charge in [-0.05, 0) is 87.1 Å². The molecule has 1 N–H and O–H groups in total. The SMILES string of the molecule is COC(=O)C1(CC(C)C)N=CN(Cc2ccccc2)C1CC1CCC(C(C)(C)Nc2ccc(Cl)cc2)CC1. The average molecular weight is 538 g/mol. The van der Waals surface area contributed by atoms with Crippen molar-refractivity contribution in [2.45, 2.75) is 89.9 Å². The van der Waals surface area contributed by atoms with E-state index in [2.05, 4.69) is 74.3 Å². The van der Waals surface area contributed by atoms with Crippen LogP contribution < -0.4 is 5.32 Å². The van der Waals surface area contributed by atoms with Gasteiger partial charge >= 0.3 is 5.97 Å². The average Bonchev–Trinajstić information content (AvgIpc) is 3.22. The zero-order valence-corrected chi connectivity index (χ0v) is 24.4. The van der Waals surface area contributed by atoms with Crippen molar-refractivity contribution < 1.29 is 9.53 Å². The summed E-state index contributed by atoms with van der Waals surface area (Å²) in [5.41, 5.74) is 1.48. The van der Waals surface area contributed by atoms with Crippen molar-refractivity contribution in [3.8, 4) is 0 Å². The Kier molecular flexibility index (Phi) is 9.07. The highest BCUT2D eigenvalue weighted by atomic mass is 35.5. The first-order valence-corrected chi connectivity index (χ1v) is 14.5. The maximum atomic E-state index is 13.3. The fraction of sp³-hybridized carbons (Fsp3) is 0.562. The molecule has 1 heterocycles. The third-order valence-corrected chi connectivity index (χ3v) is 8.84. The number of carbonyl (C=O) groups is 1. The molecule has 0 spiro atoms. The lowest BCUT2D eigenvalue weighted by atomic mass is 9.70. The summed E-state index contributed by atoms with van der Waals surface area (Å²) in [5.74, 6) is 1.26. The first-order chi connectivity index (χ1) is 18.1. The Morgan fingerprint density at radius 2 is 1.76 bits per heavy atom. The second kappa shape index (κ2) is 12.1. The summed E-state index contributed by atoms with van der Waals surface area (Å²) in [6, 6.07) is 18.5. The lowest BCUT2D eigenvalue weighted by Gasteiger charge is -2.43. The third-order valence-electron chi connectivity index (χ3n) is 8.59. The van der Waals surface area contributed by atoms with Crippen LogP contribution in [0.4, 0.5) is 5.69 Å². The smallest absolute Gasteiger partial charge is 0.335 e. The van der Waals surface area contributed by atoms with Gasteiger partial charge in [-0.15, -0.1) is 0 Å². The van der Waals surface area contributed by atoms with E-state index in [4.69, 9.17) is 21.3 Å². The monoisotopic (exact) mass is 537 g/mol. The minimum absolute atomic E-state index is 0.000640. The predicted octanol–water partition coefficient (Wildman–Crippen LogP) is 7.60. The highest BCUT2D eigenvalue weighted by molar-refractivity contribution is 6.30. The van der Waals surface area contributed by atoms with Crippen molar-refractivity contribution >= 4 is 29.6 Å². The summed E-state index contributed by atoms with van der Waals surface area (Å²) in [7, 11) is 1.50. The fourth-order valence-electron chi connectivity index (χ4n) is 6.60. The van der Waals surface area contributed by atoms with Gasteiger partial charge < -0.3 is 15.0 Å². The second-order valence-electron chi connectivity index (χ2n) is 12.2. The van der Waals surface area contributed by atoms with Crippen molar-refractivity contribution in [3.05, 3.63) is 65.2 Å². The van der Waals surface area contributed by atoms with E-state index in [0.717, 1.165) is 36.5 Å². The number of hydrogen-bond donors (Lipinski definition) is 1. The van der Waals surface area contributed by atoms with Crippen LogP contribution in [0.2, 0.25) is 5.02 Å². The van der Waals surface area contributed by atoms with Gasteiger partial charge in [-0.2, -0.15) is 0 Å². The van der Waals surface area contributed by atoms with Gasteiger partial charge in [0.1, 0.15) is 0 Å². The molecule has 0 bridgehead atoms. The van der Waals surface area contributed by atoms with E-state index in [1.807, 2.05) is 24.5 Å². The van der Waals surface area contributed by atoms with Gasteiger partial charge in [0.25, 0.3) is 0 Å². The number of ether oxygens (including phenoxy) is 1. The number of rotatable bonds is 10. The van der Waals surface area contributed by atoms with E-state index >= 15 is 0 Å². The number of halogens is 1. The molecule has 0 radical (unpaired) electrons. The molecule has 38 heavy (non-hydrogen) atoms. The quantitative estimate of drug-likeness (QED) is 0.317. The van der Waals surface area contributed by atoms with Crippen LogP contribution in [-0.4, -0.2) is 41.4 Å². The zero-order chi connectivity index (χ0) is 27.3. The fourth-order valence-corrected chi connectivity index (χ4v) is 6.72. The molecule has 0 aromatic heterocycles. The second-order valence-corrected chi connectivity index (χ2v) is 12.7. The van der Waals surface area contributed by atoms with Crippen molar-refractivity contribution in [2.75, 3.05) is 12.4 Å². The van der Waals surface area contributed by atoms with Crippen LogP contribution in [0.1, 0.15) is 71.8 Å².